The fourth-order valence-electron chi connectivity index (χ4n) is 2.83. The van der Waals surface area contributed by atoms with E-state index in [0.717, 1.165) is 4.90 Å². The lowest BCUT2D eigenvalue weighted by Gasteiger charge is -2.31. The number of benzene rings is 1. The maximum atomic E-state index is 13.5. The van der Waals surface area contributed by atoms with Gasteiger partial charge in [0.25, 0.3) is 5.91 Å². The third-order valence-electron chi connectivity index (χ3n) is 4.03. The Bertz CT molecular complexity index is 602. The van der Waals surface area contributed by atoms with Crippen molar-refractivity contribution in [1.82, 2.24) is 15.5 Å². The number of carbonyl (C=O) groups is 2. The van der Waals surface area contributed by atoms with Crippen molar-refractivity contribution in [3.8, 4) is 0 Å². The number of carbonyl (C=O) groups excluding carboxylic acids is 2. The molecule has 1 spiro atoms. The first-order chi connectivity index (χ1) is 10.0. The van der Waals surface area contributed by atoms with Crippen LogP contribution in [0.5, 0.6) is 0 Å². The van der Waals surface area contributed by atoms with Crippen molar-refractivity contribution in [2.75, 3.05) is 13.1 Å². The number of halogens is 2. The van der Waals surface area contributed by atoms with E-state index in [-0.39, 0.29) is 17.5 Å². The molecule has 0 radical (unpaired) electrons. The molecule has 0 aliphatic carbocycles. The molecule has 3 rings (SSSR count). The number of imide groups is 1. The maximum absolute atomic E-state index is 13.5. The Morgan fingerprint density at radius 3 is 2.67 bits per heavy atom. The first-order valence-corrected chi connectivity index (χ1v) is 7.18. The molecule has 2 fully saturated rings. The summed E-state index contributed by atoms with van der Waals surface area (Å²) in [5.41, 5.74) is -0.265. The molecule has 0 bridgehead atoms. The zero-order chi connectivity index (χ0) is 15.0. The smallest absolute Gasteiger partial charge is 0.323 e. The highest BCUT2D eigenvalue weighted by Crippen LogP contribution is 2.28. The monoisotopic (exact) mass is 311 g/mol. The minimum absolute atomic E-state index is 0.0192. The van der Waals surface area contributed by atoms with Gasteiger partial charge in [-0.1, -0.05) is 17.7 Å². The molecule has 0 unspecified atom stereocenters. The first-order valence-electron chi connectivity index (χ1n) is 6.81. The minimum Gasteiger partial charge on any atom is -0.323 e. The molecule has 2 heterocycles. The Morgan fingerprint density at radius 2 is 2.00 bits per heavy atom. The summed E-state index contributed by atoms with van der Waals surface area (Å²) in [6.45, 7) is 1.43. The Hall–Kier alpha value is -1.66. The molecule has 2 saturated heterocycles. The largest absolute Gasteiger partial charge is 0.325 e. The van der Waals surface area contributed by atoms with Crippen LogP contribution >= 0.6 is 11.6 Å². The van der Waals surface area contributed by atoms with Crippen molar-refractivity contribution in [3.05, 3.63) is 34.6 Å². The molecule has 1 aromatic carbocycles. The highest BCUT2D eigenvalue weighted by Gasteiger charge is 2.51. The van der Waals surface area contributed by atoms with Crippen LogP contribution in [-0.2, 0) is 11.3 Å². The van der Waals surface area contributed by atoms with E-state index in [2.05, 4.69) is 10.6 Å². The van der Waals surface area contributed by atoms with Gasteiger partial charge < -0.3 is 10.6 Å². The van der Waals surface area contributed by atoms with Crippen molar-refractivity contribution in [2.24, 2.45) is 0 Å². The second kappa shape index (κ2) is 5.27. The fraction of sp³-hybridized carbons (Fsp3) is 0.429. The zero-order valence-corrected chi connectivity index (χ0v) is 12.0. The van der Waals surface area contributed by atoms with E-state index < -0.39 is 17.4 Å². The number of nitrogens with one attached hydrogen (secondary N) is 2. The van der Waals surface area contributed by atoms with E-state index in [1.807, 2.05) is 0 Å². The Balaban J connectivity index is 1.80. The van der Waals surface area contributed by atoms with Gasteiger partial charge in [-0.3, -0.25) is 9.69 Å². The molecule has 1 aromatic rings. The Morgan fingerprint density at radius 1 is 1.29 bits per heavy atom. The molecule has 2 aliphatic heterocycles. The lowest BCUT2D eigenvalue weighted by Crippen LogP contribution is -2.53. The molecule has 0 aromatic heterocycles. The van der Waals surface area contributed by atoms with Gasteiger partial charge in [-0.05, 0) is 43.6 Å². The first kappa shape index (κ1) is 14.3. The quantitative estimate of drug-likeness (QED) is 0.817. The molecule has 5 nitrogen and oxygen atoms in total. The molecule has 2 N–H and O–H groups in total. The number of piperidine rings is 1. The molecule has 7 heteroatoms. The normalized spacial score (nSPS) is 21.0. The van der Waals surface area contributed by atoms with Gasteiger partial charge in [0.15, 0.2) is 0 Å². The van der Waals surface area contributed by atoms with Crippen molar-refractivity contribution in [1.29, 1.82) is 0 Å². The summed E-state index contributed by atoms with van der Waals surface area (Å²) in [5, 5.41) is 5.98. The average Bonchev–Trinajstić information content (AvgIpc) is 2.68. The van der Waals surface area contributed by atoms with Crippen LogP contribution < -0.4 is 10.6 Å². The summed E-state index contributed by atoms with van der Waals surface area (Å²) in [5.74, 6) is -0.790. The van der Waals surface area contributed by atoms with Gasteiger partial charge in [-0.2, -0.15) is 0 Å². The SMILES string of the molecule is O=C1NC2(CCNCC2)C(=O)N1Cc1ccc(Cl)c(F)c1. The van der Waals surface area contributed by atoms with Crippen LogP contribution in [0.4, 0.5) is 9.18 Å². The molecule has 0 saturated carbocycles. The number of hydrogen-bond donors (Lipinski definition) is 2. The maximum Gasteiger partial charge on any atom is 0.325 e. The topological polar surface area (TPSA) is 61.4 Å². The van der Waals surface area contributed by atoms with Gasteiger partial charge >= 0.3 is 6.03 Å². The van der Waals surface area contributed by atoms with E-state index in [9.17, 15) is 14.0 Å². The molecule has 21 heavy (non-hydrogen) atoms. The zero-order valence-electron chi connectivity index (χ0n) is 11.3. The average molecular weight is 312 g/mol. The summed E-state index contributed by atoms with van der Waals surface area (Å²) in [7, 11) is 0. The van der Waals surface area contributed by atoms with Crippen molar-refractivity contribution < 1.29 is 14.0 Å². The van der Waals surface area contributed by atoms with Crippen LogP contribution in [0.2, 0.25) is 5.02 Å². The lowest BCUT2D eigenvalue weighted by atomic mass is 9.88. The Labute approximate surface area is 126 Å². The van der Waals surface area contributed by atoms with Gasteiger partial charge in [0, 0.05) is 0 Å². The molecule has 0 atom stereocenters. The van der Waals surface area contributed by atoms with Gasteiger partial charge in [0.2, 0.25) is 0 Å². The molecule has 3 amide bonds. The molecular weight excluding hydrogens is 297 g/mol. The Kier molecular flexibility index (Phi) is 3.59. The van der Waals surface area contributed by atoms with Crippen molar-refractivity contribution >= 4 is 23.5 Å². The van der Waals surface area contributed by atoms with Crippen molar-refractivity contribution in [3.63, 3.8) is 0 Å². The van der Waals surface area contributed by atoms with Crippen molar-refractivity contribution in [2.45, 2.75) is 24.9 Å². The van der Waals surface area contributed by atoms with Gasteiger partial charge in [0.05, 0.1) is 11.6 Å². The second-order valence-corrected chi connectivity index (χ2v) is 5.81. The number of amides is 3. The number of nitrogens with zero attached hydrogens (tertiary/aromatic N) is 1. The van der Waals surface area contributed by atoms with Gasteiger partial charge in [-0.25, -0.2) is 9.18 Å². The van der Waals surface area contributed by atoms with E-state index in [1.165, 1.54) is 12.1 Å². The van der Waals surface area contributed by atoms with Crippen LogP contribution in [-0.4, -0.2) is 35.5 Å². The van der Waals surface area contributed by atoms with Crippen LogP contribution in [0.25, 0.3) is 0 Å². The highest BCUT2D eigenvalue weighted by molar-refractivity contribution is 6.30. The molecule has 2 aliphatic rings. The number of urea groups is 1. The van der Waals surface area contributed by atoms with Crippen LogP contribution in [0.1, 0.15) is 18.4 Å². The van der Waals surface area contributed by atoms with E-state index in [0.29, 0.717) is 31.5 Å². The molecule has 112 valence electrons. The van der Waals surface area contributed by atoms with E-state index in [4.69, 9.17) is 11.6 Å². The fourth-order valence-corrected chi connectivity index (χ4v) is 2.95. The standard InChI is InChI=1S/C14H15ClFN3O2/c15-10-2-1-9(7-11(10)16)8-19-12(20)14(18-13(19)21)3-5-17-6-4-14/h1-2,7,17H,3-6,8H2,(H,18,21). The van der Waals surface area contributed by atoms with Crippen LogP contribution in [0.15, 0.2) is 18.2 Å². The van der Waals surface area contributed by atoms with E-state index >= 15 is 0 Å². The number of rotatable bonds is 2. The molecular formula is C14H15ClFN3O2. The second-order valence-electron chi connectivity index (χ2n) is 5.40. The van der Waals surface area contributed by atoms with Crippen LogP contribution in [0, 0.1) is 5.82 Å². The third-order valence-corrected chi connectivity index (χ3v) is 4.33. The van der Waals surface area contributed by atoms with E-state index in [1.54, 1.807) is 6.07 Å². The van der Waals surface area contributed by atoms with Gasteiger partial charge in [-0.15, -0.1) is 0 Å². The van der Waals surface area contributed by atoms with Crippen LogP contribution in [0.3, 0.4) is 0 Å². The summed E-state index contributed by atoms with van der Waals surface area (Å²) in [6.07, 6.45) is 1.14. The third kappa shape index (κ3) is 2.49. The highest BCUT2D eigenvalue weighted by atomic mass is 35.5. The predicted octanol–water partition coefficient (Wildman–Crippen LogP) is 1.65. The van der Waals surface area contributed by atoms with Gasteiger partial charge in [0.1, 0.15) is 11.4 Å². The lowest BCUT2D eigenvalue weighted by molar-refractivity contribution is -0.132. The number of hydrogen-bond acceptors (Lipinski definition) is 3. The minimum atomic E-state index is -0.798. The summed E-state index contributed by atoms with van der Waals surface area (Å²) in [6, 6.07) is 3.86. The summed E-state index contributed by atoms with van der Waals surface area (Å²) in [4.78, 5) is 25.8. The summed E-state index contributed by atoms with van der Waals surface area (Å²) < 4.78 is 13.5. The predicted molar refractivity (Wildman–Crippen MR) is 75.3 cm³/mol. The summed E-state index contributed by atoms with van der Waals surface area (Å²) >= 11 is 5.63.